The topological polar surface area (TPSA) is 17.8 Å². The first kappa shape index (κ1) is 10.2. The van der Waals surface area contributed by atoms with Crippen molar-refractivity contribution < 1.29 is 0 Å². The summed E-state index contributed by atoms with van der Waals surface area (Å²) in [4.78, 5) is 4.35. The average molecular weight is 221 g/mol. The summed E-state index contributed by atoms with van der Waals surface area (Å²) in [6, 6.07) is 7.78. The predicted octanol–water partition coefficient (Wildman–Crippen LogP) is 3.61. The average Bonchev–Trinajstić information content (AvgIpc) is 2.68. The molecule has 0 unspecified atom stereocenters. The van der Waals surface area contributed by atoms with Gasteiger partial charge in [-0.05, 0) is 30.7 Å². The van der Waals surface area contributed by atoms with Gasteiger partial charge in [0.15, 0.2) is 0 Å². The molecule has 0 bridgehead atoms. The van der Waals surface area contributed by atoms with E-state index in [0.717, 1.165) is 29.4 Å². The molecule has 0 radical (unpaired) electrons. The third-order valence-electron chi connectivity index (χ3n) is 2.28. The Morgan fingerprint density at radius 1 is 1.27 bits per heavy atom. The number of aromatic nitrogens is 2. The van der Waals surface area contributed by atoms with E-state index in [9.17, 15) is 0 Å². The fraction of sp³-hybridized carbons (Fsp3) is 0.250. The fourth-order valence-electron chi connectivity index (χ4n) is 1.59. The number of nitrogens with zero attached hydrogens (tertiary/aromatic N) is 2. The summed E-state index contributed by atoms with van der Waals surface area (Å²) in [7, 11) is 0. The van der Waals surface area contributed by atoms with Gasteiger partial charge in [-0.3, -0.25) is 0 Å². The van der Waals surface area contributed by atoms with Crippen LogP contribution in [0, 0.1) is 0 Å². The Bertz CT molecular complexity index is 431. The van der Waals surface area contributed by atoms with Gasteiger partial charge in [-0.1, -0.05) is 18.5 Å². The van der Waals surface area contributed by atoms with E-state index in [4.69, 9.17) is 11.6 Å². The van der Waals surface area contributed by atoms with Crippen LogP contribution in [0.5, 0.6) is 0 Å². The van der Waals surface area contributed by atoms with E-state index >= 15 is 0 Å². The van der Waals surface area contributed by atoms with Crippen molar-refractivity contribution in [3.8, 4) is 11.4 Å². The van der Waals surface area contributed by atoms with Crippen LogP contribution in [0.4, 0.5) is 0 Å². The Hall–Kier alpha value is -1.28. The van der Waals surface area contributed by atoms with E-state index in [-0.39, 0.29) is 0 Å². The highest BCUT2D eigenvalue weighted by Crippen LogP contribution is 2.20. The minimum Gasteiger partial charge on any atom is -0.331 e. The van der Waals surface area contributed by atoms with E-state index in [1.807, 2.05) is 36.7 Å². The number of aryl methyl sites for hydroxylation is 1. The van der Waals surface area contributed by atoms with Gasteiger partial charge in [0.05, 0.1) is 0 Å². The van der Waals surface area contributed by atoms with Gasteiger partial charge in [-0.2, -0.15) is 0 Å². The highest BCUT2D eigenvalue weighted by Gasteiger charge is 2.04. The second-order valence-electron chi connectivity index (χ2n) is 3.45. The molecule has 0 atom stereocenters. The zero-order valence-corrected chi connectivity index (χ0v) is 9.41. The Kier molecular flexibility index (Phi) is 3.07. The van der Waals surface area contributed by atoms with E-state index in [2.05, 4.69) is 16.5 Å². The Labute approximate surface area is 94.5 Å². The molecular formula is C12H13ClN2. The van der Waals surface area contributed by atoms with Crippen molar-refractivity contribution in [3.63, 3.8) is 0 Å². The summed E-state index contributed by atoms with van der Waals surface area (Å²) in [6.45, 7) is 3.16. The normalized spacial score (nSPS) is 10.5. The van der Waals surface area contributed by atoms with Crippen LogP contribution >= 0.6 is 11.6 Å². The van der Waals surface area contributed by atoms with Gasteiger partial charge in [-0.25, -0.2) is 4.98 Å². The lowest BCUT2D eigenvalue weighted by Crippen LogP contribution is -1.97. The zero-order chi connectivity index (χ0) is 10.7. The second-order valence-corrected chi connectivity index (χ2v) is 3.89. The number of imidazole rings is 1. The van der Waals surface area contributed by atoms with Crippen molar-refractivity contribution in [2.75, 3.05) is 0 Å². The molecule has 0 N–H and O–H groups in total. The number of halogens is 1. The van der Waals surface area contributed by atoms with Crippen molar-refractivity contribution in [1.82, 2.24) is 9.55 Å². The van der Waals surface area contributed by atoms with E-state index < -0.39 is 0 Å². The smallest absolute Gasteiger partial charge is 0.139 e. The van der Waals surface area contributed by atoms with Crippen LogP contribution in [-0.4, -0.2) is 9.55 Å². The van der Waals surface area contributed by atoms with Crippen LogP contribution in [0.2, 0.25) is 5.02 Å². The van der Waals surface area contributed by atoms with E-state index in [1.165, 1.54) is 0 Å². The minimum atomic E-state index is 0.757. The maximum absolute atomic E-state index is 5.85. The molecule has 1 aromatic carbocycles. The van der Waals surface area contributed by atoms with Gasteiger partial charge in [-0.15, -0.1) is 0 Å². The molecule has 0 amide bonds. The highest BCUT2D eigenvalue weighted by molar-refractivity contribution is 6.30. The molecule has 0 aliphatic rings. The molecule has 2 nitrogen and oxygen atoms in total. The second kappa shape index (κ2) is 4.49. The third-order valence-corrected chi connectivity index (χ3v) is 2.53. The standard InChI is InChI=1S/C12H13ClN2/c1-2-8-15-9-7-14-12(15)10-3-5-11(13)6-4-10/h3-7,9H,2,8H2,1H3. The molecule has 0 aliphatic heterocycles. The van der Waals surface area contributed by atoms with Crippen molar-refractivity contribution in [2.45, 2.75) is 19.9 Å². The Balaban J connectivity index is 2.36. The quantitative estimate of drug-likeness (QED) is 0.773. The van der Waals surface area contributed by atoms with Gasteiger partial charge < -0.3 is 4.57 Å². The molecule has 0 aliphatic carbocycles. The molecule has 1 aromatic heterocycles. The molecular weight excluding hydrogens is 208 g/mol. The van der Waals surface area contributed by atoms with Crippen LogP contribution < -0.4 is 0 Å². The van der Waals surface area contributed by atoms with Crippen LogP contribution in [0.15, 0.2) is 36.7 Å². The molecule has 1 heterocycles. The molecule has 3 heteroatoms. The molecule has 0 fully saturated rings. The number of benzene rings is 1. The molecule has 0 spiro atoms. The Morgan fingerprint density at radius 2 is 2.00 bits per heavy atom. The first-order valence-electron chi connectivity index (χ1n) is 5.08. The summed E-state index contributed by atoms with van der Waals surface area (Å²) in [6.07, 6.45) is 4.95. The minimum absolute atomic E-state index is 0.757. The van der Waals surface area contributed by atoms with Crippen molar-refractivity contribution in [3.05, 3.63) is 41.7 Å². The molecule has 2 aromatic rings. The lowest BCUT2D eigenvalue weighted by molar-refractivity contribution is 0.685. The largest absolute Gasteiger partial charge is 0.331 e. The number of rotatable bonds is 3. The van der Waals surface area contributed by atoms with Crippen LogP contribution in [0.1, 0.15) is 13.3 Å². The predicted molar refractivity (Wildman–Crippen MR) is 63.0 cm³/mol. The van der Waals surface area contributed by atoms with Crippen LogP contribution in [0.25, 0.3) is 11.4 Å². The van der Waals surface area contributed by atoms with Crippen LogP contribution in [0.3, 0.4) is 0 Å². The van der Waals surface area contributed by atoms with Crippen LogP contribution in [-0.2, 0) is 6.54 Å². The monoisotopic (exact) mass is 220 g/mol. The molecule has 0 saturated carbocycles. The third kappa shape index (κ3) is 2.21. The van der Waals surface area contributed by atoms with E-state index in [0.29, 0.717) is 0 Å². The summed E-state index contributed by atoms with van der Waals surface area (Å²) >= 11 is 5.85. The van der Waals surface area contributed by atoms with E-state index in [1.54, 1.807) is 0 Å². The molecule has 78 valence electrons. The fourth-order valence-corrected chi connectivity index (χ4v) is 1.72. The molecule has 0 saturated heterocycles. The maximum Gasteiger partial charge on any atom is 0.139 e. The SMILES string of the molecule is CCCn1ccnc1-c1ccc(Cl)cc1. The van der Waals surface area contributed by atoms with Gasteiger partial charge in [0.2, 0.25) is 0 Å². The number of hydrogen-bond acceptors (Lipinski definition) is 1. The lowest BCUT2D eigenvalue weighted by Gasteiger charge is -2.05. The first-order chi connectivity index (χ1) is 7.31. The summed E-state index contributed by atoms with van der Waals surface area (Å²) in [5.41, 5.74) is 1.11. The van der Waals surface area contributed by atoms with Crippen molar-refractivity contribution in [1.29, 1.82) is 0 Å². The van der Waals surface area contributed by atoms with Gasteiger partial charge in [0.1, 0.15) is 5.82 Å². The lowest BCUT2D eigenvalue weighted by atomic mass is 10.2. The zero-order valence-electron chi connectivity index (χ0n) is 8.65. The van der Waals surface area contributed by atoms with Crippen molar-refractivity contribution >= 4 is 11.6 Å². The van der Waals surface area contributed by atoms with Gasteiger partial charge in [0.25, 0.3) is 0 Å². The van der Waals surface area contributed by atoms with Crippen molar-refractivity contribution in [2.24, 2.45) is 0 Å². The van der Waals surface area contributed by atoms with Gasteiger partial charge in [0, 0.05) is 29.5 Å². The maximum atomic E-state index is 5.85. The highest BCUT2D eigenvalue weighted by atomic mass is 35.5. The number of hydrogen-bond donors (Lipinski definition) is 0. The first-order valence-corrected chi connectivity index (χ1v) is 5.46. The summed E-state index contributed by atoms with van der Waals surface area (Å²) < 4.78 is 2.16. The summed E-state index contributed by atoms with van der Waals surface area (Å²) in [5, 5.41) is 0.757. The Morgan fingerprint density at radius 3 is 2.67 bits per heavy atom. The summed E-state index contributed by atoms with van der Waals surface area (Å²) in [5.74, 6) is 1.01. The molecule has 15 heavy (non-hydrogen) atoms. The molecule has 2 rings (SSSR count). The van der Waals surface area contributed by atoms with Gasteiger partial charge >= 0.3 is 0 Å².